The number of nitrogens with one attached hydrogen (secondary N) is 2. The van der Waals surface area contributed by atoms with E-state index in [-0.39, 0.29) is 0 Å². The van der Waals surface area contributed by atoms with Crippen LogP contribution >= 0.6 is 0 Å². The fourth-order valence-electron chi connectivity index (χ4n) is 7.89. The maximum absolute atomic E-state index is 6.19. The van der Waals surface area contributed by atoms with Crippen LogP contribution < -0.4 is 16.4 Å². The van der Waals surface area contributed by atoms with Crippen molar-refractivity contribution in [2.45, 2.75) is 108 Å². The van der Waals surface area contributed by atoms with E-state index in [4.69, 9.17) is 20.7 Å². The molecule has 7 rings (SSSR count). The Bertz CT molecular complexity index is 1480. The molecule has 250 valence electrons. The molecule has 0 bridgehead atoms. The molecule has 9 nitrogen and oxygen atoms in total. The molecule has 2 aromatic heterocycles. The number of piperidine rings is 1. The van der Waals surface area contributed by atoms with Gasteiger partial charge in [0.1, 0.15) is 0 Å². The Morgan fingerprint density at radius 1 is 0.745 bits per heavy atom. The molecule has 3 fully saturated rings. The van der Waals surface area contributed by atoms with E-state index in [9.17, 15) is 0 Å². The summed E-state index contributed by atoms with van der Waals surface area (Å²) in [5.74, 6) is 1.62. The Morgan fingerprint density at radius 2 is 1.38 bits per heavy atom. The molecule has 0 unspecified atom stereocenters. The van der Waals surface area contributed by atoms with Gasteiger partial charge in [-0.3, -0.25) is 4.90 Å². The molecule has 1 saturated heterocycles. The number of hydrogen-bond acceptors (Lipinski definition) is 8. The van der Waals surface area contributed by atoms with E-state index < -0.39 is 0 Å². The van der Waals surface area contributed by atoms with E-state index >= 15 is 0 Å². The quantitative estimate of drug-likeness (QED) is 0.151. The first-order chi connectivity index (χ1) is 23.2. The van der Waals surface area contributed by atoms with Gasteiger partial charge in [0.05, 0.1) is 6.33 Å². The van der Waals surface area contributed by atoms with Gasteiger partial charge in [-0.1, -0.05) is 73.5 Å². The first-order valence-electron chi connectivity index (χ1n) is 18.2. The fraction of sp³-hybridized carbons (Fsp3) is 0.553. The van der Waals surface area contributed by atoms with Gasteiger partial charge in [0.2, 0.25) is 5.95 Å². The molecule has 3 aliphatic rings. The van der Waals surface area contributed by atoms with Crippen molar-refractivity contribution in [3.63, 3.8) is 0 Å². The predicted molar refractivity (Wildman–Crippen MR) is 191 cm³/mol. The van der Waals surface area contributed by atoms with Crippen molar-refractivity contribution in [2.75, 3.05) is 36.8 Å². The number of rotatable bonds is 13. The highest BCUT2D eigenvalue weighted by Gasteiger charge is 2.26. The minimum atomic E-state index is 0.325. The Morgan fingerprint density at radius 3 is 2.04 bits per heavy atom. The molecule has 0 atom stereocenters. The Hall–Kier alpha value is -3.53. The Labute approximate surface area is 280 Å². The van der Waals surface area contributed by atoms with E-state index in [1.807, 2.05) is 6.33 Å². The lowest BCUT2D eigenvalue weighted by atomic mass is 9.92. The lowest BCUT2D eigenvalue weighted by Gasteiger charge is -2.33. The molecule has 47 heavy (non-hydrogen) atoms. The van der Waals surface area contributed by atoms with Crippen LogP contribution in [-0.2, 0) is 13.1 Å². The highest BCUT2D eigenvalue weighted by Crippen LogP contribution is 2.34. The van der Waals surface area contributed by atoms with Crippen LogP contribution in [-0.4, -0.2) is 73.6 Å². The number of nitrogens with zero attached hydrogens (tertiary/aromatic N) is 6. The summed E-state index contributed by atoms with van der Waals surface area (Å²) in [4.78, 5) is 20.2. The van der Waals surface area contributed by atoms with E-state index in [1.54, 1.807) is 0 Å². The number of benzene rings is 2. The minimum absolute atomic E-state index is 0.325. The molecule has 2 aliphatic carbocycles. The fourth-order valence-corrected chi connectivity index (χ4v) is 7.89. The highest BCUT2D eigenvalue weighted by atomic mass is 15.2. The number of nitrogens with two attached hydrogens (primary N) is 1. The molecular weight excluding hydrogens is 582 g/mol. The zero-order valence-corrected chi connectivity index (χ0v) is 27.9. The van der Waals surface area contributed by atoms with Crippen LogP contribution in [0.4, 0.5) is 11.8 Å². The number of fused-ring (bicyclic) bond motifs is 1. The SMILES string of the molecule is NC1CCC(Nc2nc(NC3CCN(CCCN(Cc4ccccc4)Cc4ccccc4)CC3)c3ncn(C4CCCC4)c3n2)CC1. The maximum Gasteiger partial charge on any atom is 0.227 e. The van der Waals surface area contributed by atoms with Crippen LogP contribution in [0.5, 0.6) is 0 Å². The number of aromatic nitrogens is 4. The number of likely N-dealkylation sites (tertiary alicyclic amines) is 1. The average molecular weight is 636 g/mol. The Kier molecular flexibility index (Phi) is 10.6. The molecule has 1 aliphatic heterocycles. The second-order valence-electron chi connectivity index (χ2n) is 14.2. The predicted octanol–water partition coefficient (Wildman–Crippen LogP) is 6.59. The number of imidazole rings is 1. The molecule has 2 aromatic carbocycles. The third-order valence-corrected chi connectivity index (χ3v) is 10.6. The standard InChI is InChI=1S/C38H53N9/c39-31-16-18-32(19-17-31)42-38-43-36(35-37(44-38)47(28-40-35)34-14-7-8-15-34)41-33-20-24-45(25-21-33)22-9-23-46(26-29-10-3-1-4-11-29)27-30-12-5-2-6-13-30/h1-6,10-13,28,31-34H,7-9,14-27,39H2,(H2,41,42,43,44). The topological polar surface area (TPSA) is 100 Å². The monoisotopic (exact) mass is 635 g/mol. The zero-order valence-electron chi connectivity index (χ0n) is 27.9. The number of anilines is 2. The van der Waals surface area contributed by atoms with Gasteiger partial charge in [0.15, 0.2) is 17.0 Å². The van der Waals surface area contributed by atoms with Gasteiger partial charge in [-0.05, 0) is 75.5 Å². The molecule has 0 spiro atoms. The van der Waals surface area contributed by atoms with E-state index in [2.05, 4.69) is 85.7 Å². The summed E-state index contributed by atoms with van der Waals surface area (Å²) in [6.45, 7) is 6.40. The molecule has 4 N–H and O–H groups in total. The summed E-state index contributed by atoms with van der Waals surface area (Å²) in [6, 6.07) is 23.3. The summed E-state index contributed by atoms with van der Waals surface area (Å²) in [5, 5.41) is 7.52. The van der Waals surface area contributed by atoms with Crippen molar-refractivity contribution in [3.05, 3.63) is 78.1 Å². The lowest BCUT2D eigenvalue weighted by molar-refractivity contribution is 0.190. The van der Waals surface area contributed by atoms with Gasteiger partial charge in [-0.15, -0.1) is 0 Å². The van der Waals surface area contributed by atoms with Crippen molar-refractivity contribution in [1.82, 2.24) is 29.3 Å². The summed E-state index contributed by atoms with van der Waals surface area (Å²) < 4.78 is 2.32. The van der Waals surface area contributed by atoms with E-state index in [1.165, 1.54) is 43.2 Å². The number of hydrogen-bond donors (Lipinski definition) is 3. The van der Waals surface area contributed by atoms with Crippen LogP contribution in [0.25, 0.3) is 11.2 Å². The summed E-state index contributed by atoms with van der Waals surface area (Å²) >= 11 is 0. The van der Waals surface area contributed by atoms with Gasteiger partial charge in [0, 0.05) is 56.9 Å². The largest absolute Gasteiger partial charge is 0.365 e. The smallest absolute Gasteiger partial charge is 0.227 e. The molecule has 4 aromatic rings. The molecule has 2 saturated carbocycles. The average Bonchev–Trinajstić information content (AvgIpc) is 3.78. The van der Waals surface area contributed by atoms with Crippen LogP contribution in [0, 0.1) is 0 Å². The van der Waals surface area contributed by atoms with Gasteiger partial charge in [-0.25, -0.2) is 4.98 Å². The second-order valence-corrected chi connectivity index (χ2v) is 14.2. The van der Waals surface area contributed by atoms with Crippen molar-refractivity contribution in [3.8, 4) is 0 Å². The molecule has 3 heterocycles. The third kappa shape index (κ3) is 8.50. The van der Waals surface area contributed by atoms with Gasteiger partial charge in [0.25, 0.3) is 0 Å². The van der Waals surface area contributed by atoms with Crippen LogP contribution in [0.1, 0.15) is 87.8 Å². The zero-order chi connectivity index (χ0) is 31.8. The first-order valence-corrected chi connectivity index (χ1v) is 18.2. The van der Waals surface area contributed by atoms with E-state index in [0.717, 1.165) is 101 Å². The van der Waals surface area contributed by atoms with Crippen LogP contribution in [0.3, 0.4) is 0 Å². The second kappa shape index (κ2) is 15.6. The van der Waals surface area contributed by atoms with Gasteiger partial charge >= 0.3 is 0 Å². The van der Waals surface area contributed by atoms with Gasteiger partial charge < -0.3 is 25.8 Å². The normalized spacial score (nSPS) is 21.5. The first kappa shape index (κ1) is 32.0. The Balaban J connectivity index is 0.958. The van der Waals surface area contributed by atoms with Crippen molar-refractivity contribution in [1.29, 1.82) is 0 Å². The third-order valence-electron chi connectivity index (χ3n) is 10.6. The maximum atomic E-state index is 6.19. The highest BCUT2D eigenvalue weighted by molar-refractivity contribution is 5.84. The lowest BCUT2D eigenvalue weighted by Crippen LogP contribution is -2.40. The van der Waals surface area contributed by atoms with E-state index in [0.29, 0.717) is 24.2 Å². The molecule has 0 amide bonds. The van der Waals surface area contributed by atoms with Gasteiger partial charge in [-0.2, -0.15) is 9.97 Å². The molecular formula is C38H53N9. The summed E-state index contributed by atoms with van der Waals surface area (Å²) in [7, 11) is 0. The van der Waals surface area contributed by atoms with Crippen LogP contribution in [0.2, 0.25) is 0 Å². The molecule has 0 radical (unpaired) electrons. The van der Waals surface area contributed by atoms with Crippen molar-refractivity contribution >= 4 is 22.9 Å². The molecule has 9 heteroatoms. The van der Waals surface area contributed by atoms with Crippen LogP contribution in [0.15, 0.2) is 67.0 Å². The minimum Gasteiger partial charge on any atom is -0.365 e. The van der Waals surface area contributed by atoms with Crippen molar-refractivity contribution < 1.29 is 0 Å². The summed E-state index contributed by atoms with van der Waals surface area (Å²) in [5.41, 5.74) is 10.8. The van der Waals surface area contributed by atoms with Crippen molar-refractivity contribution in [2.24, 2.45) is 5.73 Å². The summed E-state index contributed by atoms with van der Waals surface area (Å²) in [6.07, 6.45) is 14.6.